The zero-order chi connectivity index (χ0) is 29.1. The van der Waals surface area contributed by atoms with E-state index in [1.807, 2.05) is 6.07 Å². The van der Waals surface area contributed by atoms with Crippen molar-refractivity contribution in [3.8, 4) is 17.0 Å². The summed E-state index contributed by atoms with van der Waals surface area (Å²) in [5, 5.41) is 2.58. The van der Waals surface area contributed by atoms with Crippen molar-refractivity contribution in [2.45, 2.75) is 45.4 Å². The molecule has 8 nitrogen and oxygen atoms in total. The number of halogens is 4. The highest BCUT2D eigenvalue weighted by Gasteiger charge is 2.44. The molecule has 2 amide bonds. The third-order valence-corrected chi connectivity index (χ3v) is 8.23. The quantitative estimate of drug-likeness (QED) is 0.446. The lowest BCUT2D eigenvalue weighted by Gasteiger charge is -2.31. The van der Waals surface area contributed by atoms with E-state index in [1.54, 1.807) is 19.2 Å². The number of pyridine rings is 1. The molecule has 0 bridgehead atoms. The highest BCUT2D eigenvalue weighted by molar-refractivity contribution is 5.91. The van der Waals surface area contributed by atoms with Crippen molar-refractivity contribution in [1.82, 2.24) is 9.88 Å². The van der Waals surface area contributed by atoms with Crippen molar-refractivity contribution in [1.29, 1.82) is 0 Å². The third kappa shape index (κ3) is 6.86. The molecule has 1 aromatic carbocycles. The number of nitrogens with zero attached hydrogens (tertiary/aromatic N) is 3. The first kappa shape index (κ1) is 29.4. The second-order valence-corrected chi connectivity index (χ2v) is 11.0. The lowest BCUT2D eigenvalue weighted by molar-refractivity contribution is -0.182. The minimum absolute atomic E-state index is 0.000525. The fourth-order valence-electron chi connectivity index (χ4n) is 5.58. The third-order valence-electron chi connectivity index (χ3n) is 8.23. The Balaban J connectivity index is 1.37. The standard InChI is InChI=1S/C29H36F4N4O4/c1-18-13-24(30)25(35-28(38)37-6-3-20(17-37)19(2)29(31,32)33)15-23(18)21-14-26(36-7-11-40-12-8-36)27(34-16-21)41-22-4-9-39-10-5-22/h13-16,19-20,22H,3-12,17H2,1-2H3,(H,35,38). The average Bonchev–Trinajstić information content (AvgIpc) is 3.45. The van der Waals surface area contributed by atoms with E-state index in [4.69, 9.17) is 14.2 Å². The first-order chi connectivity index (χ1) is 19.6. The number of hydrogen-bond acceptors (Lipinski definition) is 6. The maximum Gasteiger partial charge on any atom is 0.391 e. The van der Waals surface area contributed by atoms with Crippen LogP contribution in [0.4, 0.5) is 33.7 Å². The van der Waals surface area contributed by atoms with Gasteiger partial charge in [0.1, 0.15) is 17.6 Å². The molecule has 3 aliphatic heterocycles. The number of ether oxygens (including phenoxy) is 3. The Hall–Kier alpha value is -3.12. The van der Waals surface area contributed by atoms with Gasteiger partial charge in [-0.25, -0.2) is 14.2 Å². The van der Waals surface area contributed by atoms with Crippen LogP contribution in [0.2, 0.25) is 0 Å². The summed E-state index contributed by atoms with van der Waals surface area (Å²) in [6.07, 6.45) is -0.852. The molecule has 0 saturated carbocycles. The Labute approximate surface area is 236 Å². The van der Waals surface area contributed by atoms with Crippen LogP contribution in [0.5, 0.6) is 5.88 Å². The summed E-state index contributed by atoms with van der Waals surface area (Å²) in [5.74, 6) is -2.31. The van der Waals surface area contributed by atoms with Crippen LogP contribution < -0.4 is 15.0 Å². The summed E-state index contributed by atoms with van der Waals surface area (Å²) in [4.78, 5) is 21.0. The Bertz CT molecular complexity index is 1230. The summed E-state index contributed by atoms with van der Waals surface area (Å²) in [6, 6.07) is 4.23. The van der Waals surface area contributed by atoms with Crippen LogP contribution in [0.1, 0.15) is 31.7 Å². The van der Waals surface area contributed by atoms with Crippen LogP contribution in [0.25, 0.3) is 11.1 Å². The number of amides is 2. The topological polar surface area (TPSA) is 76.2 Å². The maximum atomic E-state index is 15.0. The van der Waals surface area contributed by atoms with Crippen molar-refractivity contribution in [2.75, 3.05) is 62.8 Å². The lowest BCUT2D eigenvalue weighted by Crippen LogP contribution is -2.37. The van der Waals surface area contributed by atoms with Gasteiger partial charge in [0.25, 0.3) is 0 Å². The smallest absolute Gasteiger partial charge is 0.391 e. The molecule has 3 saturated heterocycles. The molecule has 2 atom stereocenters. The van der Waals surface area contributed by atoms with Crippen LogP contribution in [0.3, 0.4) is 0 Å². The van der Waals surface area contributed by atoms with Crippen LogP contribution >= 0.6 is 0 Å². The Morgan fingerprint density at radius 1 is 1.07 bits per heavy atom. The van der Waals surface area contributed by atoms with Gasteiger partial charge in [0, 0.05) is 50.8 Å². The number of carbonyl (C=O) groups is 1. The molecule has 0 aliphatic carbocycles. The molecular weight excluding hydrogens is 544 g/mol. The van der Waals surface area contributed by atoms with Gasteiger partial charge in [0.15, 0.2) is 0 Å². The van der Waals surface area contributed by atoms with Gasteiger partial charge in [-0.1, -0.05) is 6.92 Å². The number of benzene rings is 1. The van der Waals surface area contributed by atoms with E-state index in [1.165, 1.54) is 11.0 Å². The van der Waals surface area contributed by atoms with Crippen molar-refractivity contribution in [3.05, 3.63) is 35.8 Å². The molecule has 3 aliphatic rings. The van der Waals surface area contributed by atoms with Gasteiger partial charge in [0.05, 0.1) is 38.0 Å². The second kappa shape index (κ2) is 12.4. The molecule has 0 radical (unpaired) electrons. The van der Waals surface area contributed by atoms with E-state index < -0.39 is 29.9 Å². The van der Waals surface area contributed by atoms with E-state index >= 15 is 0 Å². The van der Waals surface area contributed by atoms with Crippen LogP contribution in [-0.4, -0.2) is 80.8 Å². The summed E-state index contributed by atoms with van der Waals surface area (Å²) >= 11 is 0. The van der Waals surface area contributed by atoms with Crippen LogP contribution in [0, 0.1) is 24.6 Å². The predicted octanol–water partition coefficient (Wildman–Crippen LogP) is 5.64. The molecule has 4 heterocycles. The zero-order valence-electron chi connectivity index (χ0n) is 23.3. The number of morpholine rings is 1. The molecule has 0 spiro atoms. The highest BCUT2D eigenvalue weighted by Crippen LogP contribution is 2.38. The molecule has 3 fully saturated rings. The van der Waals surface area contributed by atoms with E-state index in [-0.39, 0.29) is 31.3 Å². The van der Waals surface area contributed by atoms with E-state index in [9.17, 15) is 22.4 Å². The van der Waals surface area contributed by atoms with E-state index in [0.717, 1.165) is 31.0 Å². The van der Waals surface area contributed by atoms with Gasteiger partial charge in [-0.2, -0.15) is 13.2 Å². The maximum absolute atomic E-state index is 15.0. The number of carbonyl (C=O) groups excluding carboxylic acids is 1. The number of rotatable bonds is 6. The van der Waals surface area contributed by atoms with Gasteiger partial charge >= 0.3 is 12.2 Å². The van der Waals surface area contributed by atoms with Gasteiger partial charge in [-0.15, -0.1) is 0 Å². The first-order valence-corrected chi connectivity index (χ1v) is 14.1. The number of alkyl halides is 3. The molecule has 2 aromatic rings. The number of hydrogen-bond donors (Lipinski definition) is 1. The number of aryl methyl sites for hydroxylation is 1. The molecule has 5 rings (SSSR count). The zero-order valence-corrected chi connectivity index (χ0v) is 23.3. The number of likely N-dealkylation sites (tertiary alicyclic amines) is 1. The van der Waals surface area contributed by atoms with Gasteiger partial charge in [0.2, 0.25) is 5.88 Å². The fourth-order valence-corrected chi connectivity index (χ4v) is 5.58. The molecular formula is C29H36F4N4O4. The first-order valence-electron chi connectivity index (χ1n) is 14.1. The predicted molar refractivity (Wildman–Crippen MR) is 146 cm³/mol. The van der Waals surface area contributed by atoms with Crippen LogP contribution in [0.15, 0.2) is 24.4 Å². The summed E-state index contributed by atoms with van der Waals surface area (Å²) in [6.45, 7) is 6.82. The lowest BCUT2D eigenvalue weighted by atomic mass is 9.93. The number of anilines is 2. The van der Waals surface area contributed by atoms with Gasteiger partial charge in [-0.05, 0) is 48.6 Å². The minimum Gasteiger partial charge on any atom is -0.473 e. The van der Waals surface area contributed by atoms with Crippen molar-refractivity contribution < 1.29 is 36.6 Å². The fraction of sp³-hybridized carbons (Fsp3) is 0.586. The van der Waals surface area contributed by atoms with E-state index in [0.29, 0.717) is 56.5 Å². The van der Waals surface area contributed by atoms with Crippen LogP contribution in [-0.2, 0) is 9.47 Å². The van der Waals surface area contributed by atoms with E-state index in [2.05, 4.69) is 15.2 Å². The van der Waals surface area contributed by atoms with Gasteiger partial charge < -0.3 is 29.3 Å². The summed E-state index contributed by atoms with van der Waals surface area (Å²) in [5.41, 5.74) is 2.81. The average molecular weight is 581 g/mol. The Morgan fingerprint density at radius 2 is 1.78 bits per heavy atom. The number of urea groups is 1. The summed E-state index contributed by atoms with van der Waals surface area (Å²) in [7, 11) is 0. The molecule has 1 N–H and O–H groups in total. The summed E-state index contributed by atoms with van der Waals surface area (Å²) < 4.78 is 71.8. The Morgan fingerprint density at radius 3 is 2.49 bits per heavy atom. The highest BCUT2D eigenvalue weighted by atomic mass is 19.4. The minimum atomic E-state index is -4.32. The van der Waals surface area contributed by atoms with Crippen molar-refractivity contribution in [2.24, 2.45) is 11.8 Å². The SMILES string of the molecule is Cc1cc(F)c(NC(=O)N2CCC(C(C)C(F)(F)F)C2)cc1-c1cnc(OC2CCOCC2)c(N2CCOCC2)c1. The number of aromatic nitrogens is 1. The monoisotopic (exact) mass is 580 g/mol. The molecule has 2 unspecified atom stereocenters. The largest absolute Gasteiger partial charge is 0.473 e. The molecule has 41 heavy (non-hydrogen) atoms. The van der Waals surface area contributed by atoms with Crippen molar-refractivity contribution in [3.63, 3.8) is 0 Å². The molecule has 1 aromatic heterocycles. The van der Waals surface area contributed by atoms with Gasteiger partial charge in [-0.3, -0.25) is 0 Å². The molecule has 12 heteroatoms. The Kier molecular flexibility index (Phi) is 8.88. The second-order valence-electron chi connectivity index (χ2n) is 11.0. The van der Waals surface area contributed by atoms with Crippen molar-refractivity contribution >= 4 is 17.4 Å². The number of nitrogens with one attached hydrogen (secondary N) is 1. The normalized spacial score (nSPS) is 21.2. The molecule has 224 valence electrons.